The minimum absolute atomic E-state index is 0.169. The quantitative estimate of drug-likeness (QED) is 0.660. The Kier molecular flexibility index (Phi) is 6.52. The molecule has 0 radical (unpaired) electrons. The summed E-state index contributed by atoms with van der Waals surface area (Å²) in [5.41, 5.74) is 2.54. The fraction of sp³-hybridized carbons (Fsp3) is 0.364. The van der Waals surface area contributed by atoms with Crippen molar-refractivity contribution >= 4 is 15.7 Å². The Labute approximate surface area is 167 Å². The van der Waals surface area contributed by atoms with Gasteiger partial charge in [0.15, 0.2) is 0 Å². The Balaban J connectivity index is 1.67. The Morgan fingerprint density at radius 2 is 1.89 bits per heavy atom. The fourth-order valence-electron chi connectivity index (χ4n) is 3.56. The largest absolute Gasteiger partial charge is 0.299 e. The molecule has 0 spiro atoms. The topological polar surface area (TPSA) is 49.4 Å². The molecular weight excluding hydrogens is 375 g/mol. The third-order valence-corrected chi connectivity index (χ3v) is 6.68. The lowest BCUT2D eigenvalue weighted by Gasteiger charge is -2.14. The lowest BCUT2D eigenvalue weighted by Crippen LogP contribution is -2.19. The van der Waals surface area contributed by atoms with E-state index in [1.165, 1.54) is 17.7 Å². The average molecular weight is 403 g/mol. The van der Waals surface area contributed by atoms with Gasteiger partial charge in [-0.2, -0.15) is 0 Å². The van der Waals surface area contributed by atoms with Crippen molar-refractivity contribution < 1.29 is 12.8 Å². The summed E-state index contributed by atoms with van der Waals surface area (Å²) in [5, 5.41) is 0. The number of nitrogens with one attached hydrogen (secondary N) is 1. The van der Waals surface area contributed by atoms with E-state index in [9.17, 15) is 12.8 Å². The van der Waals surface area contributed by atoms with Crippen LogP contribution < -0.4 is 4.72 Å². The summed E-state index contributed by atoms with van der Waals surface area (Å²) >= 11 is 0. The van der Waals surface area contributed by atoms with Gasteiger partial charge in [0.25, 0.3) is 10.0 Å². The van der Waals surface area contributed by atoms with E-state index in [0.717, 1.165) is 31.6 Å². The van der Waals surface area contributed by atoms with Crippen molar-refractivity contribution in [1.29, 1.82) is 0 Å². The maximum atomic E-state index is 12.8. The third-order valence-electron chi connectivity index (χ3n) is 5.28. The number of anilines is 1. The van der Waals surface area contributed by atoms with Gasteiger partial charge in [0, 0.05) is 24.7 Å². The van der Waals surface area contributed by atoms with Gasteiger partial charge in [0.2, 0.25) is 0 Å². The van der Waals surface area contributed by atoms with E-state index < -0.39 is 16.7 Å². The van der Waals surface area contributed by atoms with Crippen LogP contribution in [0.15, 0.2) is 66.1 Å². The lowest BCUT2D eigenvalue weighted by molar-refractivity contribution is 0.372. The third kappa shape index (κ3) is 4.80. The highest BCUT2D eigenvalue weighted by Crippen LogP contribution is 2.28. The van der Waals surface area contributed by atoms with Gasteiger partial charge in [-0.3, -0.25) is 14.0 Å². The maximum absolute atomic E-state index is 12.8. The first kappa shape index (κ1) is 20.6. The Hall–Kier alpha value is -2.18. The van der Waals surface area contributed by atoms with Gasteiger partial charge in [-0.05, 0) is 54.3 Å². The first-order valence-electron chi connectivity index (χ1n) is 9.55. The molecule has 0 bridgehead atoms. The Bertz CT molecular complexity index is 895. The van der Waals surface area contributed by atoms with Gasteiger partial charge in [0.1, 0.15) is 0 Å². The van der Waals surface area contributed by atoms with Crippen LogP contribution in [-0.4, -0.2) is 39.6 Å². The van der Waals surface area contributed by atoms with E-state index >= 15 is 0 Å². The summed E-state index contributed by atoms with van der Waals surface area (Å²) in [5.74, 6) is 0.228. The van der Waals surface area contributed by atoms with Crippen molar-refractivity contribution in [3.63, 3.8) is 0 Å². The second-order valence-corrected chi connectivity index (χ2v) is 9.07. The molecule has 28 heavy (non-hydrogen) atoms. The highest BCUT2D eigenvalue weighted by Gasteiger charge is 2.23. The van der Waals surface area contributed by atoms with Crippen LogP contribution in [0.5, 0.6) is 0 Å². The number of benzene rings is 2. The standard InChI is InChI=1S/C22H27FN2O2S/c1-3-13-25-14-12-20(16-25)19-4-8-21(9-5-19)24-28(26,27)22-10-6-18(7-11-22)17(2)15-23/h3-11,17,20,24H,1,12-16H2,2H3/t17-,20-/m1/s1. The summed E-state index contributed by atoms with van der Waals surface area (Å²) in [6, 6.07) is 14.0. The van der Waals surface area contributed by atoms with Crippen LogP contribution >= 0.6 is 0 Å². The number of sulfonamides is 1. The normalized spacial score (nSPS) is 18.7. The lowest BCUT2D eigenvalue weighted by atomic mass is 9.98. The molecule has 0 amide bonds. The maximum Gasteiger partial charge on any atom is 0.261 e. The minimum Gasteiger partial charge on any atom is -0.299 e. The minimum atomic E-state index is -3.67. The number of nitrogens with zero attached hydrogens (tertiary/aromatic N) is 1. The van der Waals surface area contributed by atoms with Gasteiger partial charge < -0.3 is 0 Å². The molecule has 150 valence electrons. The van der Waals surface area contributed by atoms with Gasteiger partial charge in [0.05, 0.1) is 11.6 Å². The van der Waals surface area contributed by atoms with Crippen LogP contribution in [0.3, 0.4) is 0 Å². The molecule has 4 nitrogen and oxygen atoms in total. The van der Waals surface area contributed by atoms with Crippen molar-refractivity contribution in [3.8, 4) is 0 Å². The van der Waals surface area contributed by atoms with Crippen LogP contribution in [0, 0.1) is 0 Å². The molecule has 2 atom stereocenters. The first-order valence-corrected chi connectivity index (χ1v) is 11.0. The van der Waals surface area contributed by atoms with Crippen molar-refractivity contribution in [2.24, 2.45) is 0 Å². The molecular formula is C22H27FN2O2S. The number of hydrogen-bond acceptors (Lipinski definition) is 3. The summed E-state index contributed by atoms with van der Waals surface area (Å²) in [4.78, 5) is 2.53. The molecule has 0 aromatic heterocycles. The summed E-state index contributed by atoms with van der Waals surface area (Å²) in [6.07, 6.45) is 3.02. The predicted molar refractivity (Wildman–Crippen MR) is 112 cm³/mol. The van der Waals surface area contributed by atoms with Crippen molar-refractivity contribution in [2.45, 2.75) is 30.1 Å². The molecule has 1 saturated heterocycles. The van der Waals surface area contributed by atoms with E-state index in [1.54, 1.807) is 19.1 Å². The van der Waals surface area contributed by atoms with Crippen LogP contribution in [0.4, 0.5) is 10.1 Å². The Morgan fingerprint density at radius 3 is 2.50 bits per heavy atom. The van der Waals surface area contributed by atoms with Crippen LogP contribution in [0.2, 0.25) is 0 Å². The number of halogens is 1. The number of likely N-dealkylation sites (tertiary alicyclic amines) is 1. The molecule has 1 heterocycles. The molecule has 1 aliphatic heterocycles. The van der Waals surface area contributed by atoms with Gasteiger partial charge in [-0.25, -0.2) is 8.42 Å². The zero-order chi connectivity index (χ0) is 20.1. The van der Waals surface area contributed by atoms with Gasteiger partial charge in [-0.1, -0.05) is 37.3 Å². The van der Waals surface area contributed by atoms with Crippen LogP contribution in [0.1, 0.15) is 36.3 Å². The second-order valence-electron chi connectivity index (χ2n) is 7.39. The van der Waals surface area contributed by atoms with E-state index in [0.29, 0.717) is 11.6 Å². The summed E-state index contributed by atoms with van der Waals surface area (Å²) < 4.78 is 40.6. The second kappa shape index (κ2) is 8.88. The molecule has 1 N–H and O–H groups in total. The molecule has 1 aliphatic rings. The van der Waals surface area contributed by atoms with Gasteiger partial charge in [-0.15, -0.1) is 6.58 Å². The molecule has 2 aromatic rings. The van der Waals surface area contributed by atoms with Crippen molar-refractivity contribution in [2.75, 3.05) is 31.0 Å². The SMILES string of the molecule is C=CCN1CC[C@@H](c2ccc(NS(=O)(=O)c3ccc([C@H](C)CF)cc3)cc2)C1. The van der Waals surface area contributed by atoms with E-state index in [-0.39, 0.29) is 10.8 Å². The molecule has 2 aromatic carbocycles. The number of hydrogen-bond donors (Lipinski definition) is 1. The Morgan fingerprint density at radius 1 is 1.21 bits per heavy atom. The molecule has 1 fully saturated rings. The van der Waals surface area contributed by atoms with Crippen LogP contribution in [-0.2, 0) is 10.0 Å². The highest BCUT2D eigenvalue weighted by atomic mass is 32.2. The molecule has 3 rings (SSSR count). The summed E-state index contributed by atoms with van der Waals surface area (Å²) in [7, 11) is -3.67. The van der Waals surface area contributed by atoms with E-state index in [2.05, 4.69) is 16.2 Å². The monoisotopic (exact) mass is 402 g/mol. The number of rotatable bonds is 8. The molecule has 0 unspecified atom stereocenters. The number of alkyl halides is 1. The van der Waals surface area contributed by atoms with Crippen molar-refractivity contribution in [1.82, 2.24) is 4.90 Å². The predicted octanol–water partition coefficient (Wildman–Crippen LogP) is 4.54. The zero-order valence-corrected chi connectivity index (χ0v) is 17.0. The zero-order valence-electron chi connectivity index (χ0n) is 16.1. The van der Waals surface area contributed by atoms with Gasteiger partial charge >= 0.3 is 0 Å². The van der Waals surface area contributed by atoms with E-state index in [1.807, 2.05) is 30.3 Å². The summed E-state index contributed by atoms with van der Waals surface area (Å²) in [6.45, 7) is 8.04. The van der Waals surface area contributed by atoms with E-state index in [4.69, 9.17) is 0 Å². The molecule has 0 aliphatic carbocycles. The molecule has 0 saturated carbocycles. The first-order chi connectivity index (χ1) is 13.4. The smallest absolute Gasteiger partial charge is 0.261 e. The molecule has 6 heteroatoms. The van der Waals surface area contributed by atoms with Crippen LogP contribution in [0.25, 0.3) is 0 Å². The average Bonchev–Trinajstić information content (AvgIpc) is 3.17. The van der Waals surface area contributed by atoms with Crippen molar-refractivity contribution in [3.05, 3.63) is 72.3 Å². The fourth-order valence-corrected chi connectivity index (χ4v) is 4.61. The highest BCUT2D eigenvalue weighted by molar-refractivity contribution is 7.92.